The van der Waals surface area contributed by atoms with Gasteiger partial charge in [-0.15, -0.1) is 0 Å². The topological polar surface area (TPSA) is 84.0 Å². The summed E-state index contributed by atoms with van der Waals surface area (Å²) < 4.78 is 4.57. The van der Waals surface area contributed by atoms with Gasteiger partial charge in [0.2, 0.25) is 5.91 Å². The fraction of sp³-hybridized carbons (Fsp3) is 0.444. The maximum Gasteiger partial charge on any atom is 0.307 e. The van der Waals surface area contributed by atoms with Crippen LogP contribution in [-0.4, -0.2) is 60.2 Å². The normalized spacial score (nSPS) is 13.0. The van der Waals surface area contributed by atoms with E-state index < -0.39 is 0 Å². The number of methoxy groups -OCH3 is 1. The SMILES string of the molecule is CCN(CCC(=O)OC)C(=O)CCCN1C(=O)c2ccccc2C1=O. The fourth-order valence-corrected chi connectivity index (χ4v) is 2.78. The first-order chi connectivity index (χ1) is 12.0. The van der Waals surface area contributed by atoms with E-state index in [0.29, 0.717) is 30.6 Å². The minimum absolute atomic E-state index is 0.108. The van der Waals surface area contributed by atoms with E-state index in [1.807, 2.05) is 6.92 Å². The lowest BCUT2D eigenvalue weighted by atomic mass is 10.1. The predicted octanol–water partition coefficient (Wildman–Crippen LogP) is 1.47. The molecule has 2 rings (SSSR count). The Labute approximate surface area is 146 Å². The van der Waals surface area contributed by atoms with E-state index in [1.165, 1.54) is 12.0 Å². The number of fused-ring (bicyclic) bond motifs is 1. The van der Waals surface area contributed by atoms with Gasteiger partial charge in [-0.05, 0) is 25.5 Å². The van der Waals surface area contributed by atoms with Crippen LogP contribution >= 0.6 is 0 Å². The summed E-state index contributed by atoms with van der Waals surface area (Å²) in [6, 6.07) is 6.70. The van der Waals surface area contributed by atoms with E-state index in [2.05, 4.69) is 4.74 Å². The highest BCUT2D eigenvalue weighted by Gasteiger charge is 2.34. The highest BCUT2D eigenvalue weighted by Crippen LogP contribution is 2.22. The van der Waals surface area contributed by atoms with Crippen molar-refractivity contribution in [2.45, 2.75) is 26.2 Å². The monoisotopic (exact) mass is 346 g/mol. The van der Waals surface area contributed by atoms with Crippen molar-refractivity contribution in [3.05, 3.63) is 35.4 Å². The first kappa shape index (κ1) is 18.6. The number of amides is 3. The minimum atomic E-state index is -0.364. The van der Waals surface area contributed by atoms with Crippen molar-refractivity contribution in [2.75, 3.05) is 26.7 Å². The summed E-state index contributed by atoms with van der Waals surface area (Å²) in [5.74, 6) is -1.10. The van der Waals surface area contributed by atoms with Gasteiger partial charge in [0.05, 0.1) is 24.7 Å². The Bertz CT molecular complexity index is 651. The van der Waals surface area contributed by atoms with Crippen LogP contribution < -0.4 is 0 Å². The Morgan fingerprint density at radius 2 is 1.68 bits per heavy atom. The average Bonchev–Trinajstić information content (AvgIpc) is 2.87. The number of nitrogens with zero attached hydrogens (tertiary/aromatic N) is 2. The zero-order valence-electron chi connectivity index (χ0n) is 14.5. The van der Waals surface area contributed by atoms with E-state index in [9.17, 15) is 19.2 Å². The number of hydrogen-bond acceptors (Lipinski definition) is 5. The Hall–Kier alpha value is -2.70. The van der Waals surface area contributed by atoms with Gasteiger partial charge in [0.15, 0.2) is 0 Å². The number of ether oxygens (including phenoxy) is 1. The van der Waals surface area contributed by atoms with Crippen molar-refractivity contribution in [3.63, 3.8) is 0 Å². The van der Waals surface area contributed by atoms with Crippen LogP contribution in [0.15, 0.2) is 24.3 Å². The lowest BCUT2D eigenvalue weighted by Crippen LogP contribution is -2.35. The molecule has 1 aromatic carbocycles. The molecule has 1 heterocycles. The molecule has 0 aromatic heterocycles. The zero-order chi connectivity index (χ0) is 18.4. The van der Waals surface area contributed by atoms with Crippen molar-refractivity contribution < 1.29 is 23.9 Å². The summed E-state index contributed by atoms with van der Waals surface area (Å²) in [4.78, 5) is 50.6. The van der Waals surface area contributed by atoms with Crippen LogP contribution in [0.2, 0.25) is 0 Å². The Morgan fingerprint density at radius 1 is 1.08 bits per heavy atom. The lowest BCUT2D eigenvalue weighted by Gasteiger charge is -2.21. The van der Waals surface area contributed by atoms with Gasteiger partial charge in [-0.1, -0.05) is 12.1 Å². The smallest absolute Gasteiger partial charge is 0.307 e. The summed E-state index contributed by atoms with van der Waals surface area (Å²) in [5.41, 5.74) is 0.819. The zero-order valence-corrected chi connectivity index (χ0v) is 14.5. The molecular formula is C18H22N2O5. The van der Waals surface area contributed by atoms with Crippen LogP contribution in [0.4, 0.5) is 0 Å². The molecule has 1 aliphatic heterocycles. The molecule has 0 atom stereocenters. The standard InChI is InChI=1S/C18H22N2O5/c1-3-19(12-10-16(22)25-2)15(21)9-6-11-20-17(23)13-7-4-5-8-14(13)18(20)24/h4-5,7-8H,3,6,9-12H2,1-2H3. The highest BCUT2D eigenvalue weighted by atomic mass is 16.5. The third kappa shape index (κ3) is 4.23. The van der Waals surface area contributed by atoms with E-state index in [4.69, 9.17) is 0 Å². The van der Waals surface area contributed by atoms with Crippen LogP contribution in [0.1, 0.15) is 46.9 Å². The van der Waals surface area contributed by atoms with E-state index in [-0.39, 0.29) is 43.1 Å². The number of rotatable bonds is 8. The summed E-state index contributed by atoms with van der Waals surface area (Å²) in [6.45, 7) is 2.82. The molecule has 0 saturated heterocycles. The van der Waals surface area contributed by atoms with Crippen molar-refractivity contribution >= 4 is 23.7 Å². The first-order valence-corrected chi connectivity index (χ1v) is 8.29. The van der Waals surface area contributed by atoms with Crippen molar-refractivity contribution in [1.29, 1.82) is 0 Å². The molecule has 0 saturated carbocycles. The number of imide groups is 1. The number of benzene rings is 1. The molecule has 0 fully saturated rings. The highest BCUT2D eigenvalue weighted by molar-refractivity contribution is 6.21. The van der Waals surface area contributed by atoms with Crippen LogP contribution in [-0.2, 0) is 14.3 Å². The largest absolute Gasteiger partial charge is 0.469 e. The van der Waals surface area contributed by atoms with E-state index in [1.54, 1.807) is 29.2 Å². The molecule has 0 spiro atoms. The van der Waals surface area contributed by atoms with Crippen LogP contribution in [0.5, 0.6) is 0 Å². The summed E-state index contributed by atoms with van der Waals surface area (Å²) in [7, 11) is 1.31. The van der Waals surface area contributed by atoms with Crippen LogP contribution in [0.25, 0.3) is 0 Å². The molecular weight excluding hydrogens is 324 g/mol. The summed E-state index contributed by atoms with van der Waals surface area (Å²) in [5, 5.41) is 0. The maximum absolute atomic E-state index is 12.2. The van der Waals surface area contributed by atoms with Gasteiger partial charge in [0, 0.05) is 26.1 Å². The quantitative estimate of drug-likeness (QED) is 0.526. The number of esters is 1. The van der Waals surface area contributed by atoms with Gasteiger partial charge in [-0.3, -0.25) is 24.1 Å². The second kappa shape index (κ2) is 8.41. The molecule has 0 radical (unpaired) electrons. The van der Waals surface area contributed by atoms with Gasteiger partial charge >= 0.3 is 5.97 Å². The van der Waals surface area contributed by atoms with Crippen LogP contribution in [0, 0.1) is 0 Å². The molecule has 0 aliphatic carbocycles. The number of carbonyl (C=O) groups excluding carboxylic acids is 4. The summed E-state index contributed by atoms with van der Waals surface area (Å²) >= 11 is 0. The number of hydrogen-bond donors (Lipinski definition) is 0. The molecule has 0 N–H and O–H groups in total. The minimum Gasteiger partial charge on any atom is -0.469 e. The van der Waals surface area contributed by atoms with Gasteiger partial charge in [0.1, 0.15) is 0 Å². The van der Waals surface area contributed by atoms with Gasteiger partial charge in [-0.25, -0.2) is 0 Å². The maximum atomic E-state index is 12.2. The fourth-order valence-electron chi connectivity index (χ4n) is 2.78. The third-order valence-corrected chi connectivity index (χ3v) is 4.20. The first-order valence-electron chi connectivity index (χ1n) is 8.29. The molecule has 1 aromatic rings. The van der Waals surface area contributed by atoms with E-state index in [0.717, 1.165) is 0 Å². The molecule has 3 amide bonds. The summed E-state index contributed by atoms with van der Waals surface area (Å²) in [6.07, 6.45) is 0.746. The predicted molar refractivity (Wildman–Crippen MR) is 89.9 cm³/mol. The van der Waals surface area contributed by atoms with Gasteiger partial charge < -0.3 is 9.64 Å². The van der Waals surface area contributed by atoms with Crippen LogP contribution in [0.3, 0.4) is 0 Å². The van der Waals surface area contributed by atoms with Gasteiger partial charge in [0.25, 0.3) is 11.8 Å². The molecule has 7 nitrogen and oxygen atoms in total. The third-order valence-electron chi connectivity index (χ3n) is 4.20. The Morgan fingerprint density at radius 3 is 2.20 bits per heavy atom. The van der Waals surface area contributed by atoms with Crippen molar-refractivity contribution in [3.8, 4) is 0 Å². The molecule has 1 aliphatic rings. The second-order valence-corrected chi connectivity index (χ2v) is 5.71. The Kier molecular flexibility index (Phi) is 6.27. The van der Waals surface area contributed by atoms with E-state index >= 15 is 0 Å². The van der Waals surface area contributed by atoms with Crippen molar-refractivity contribution in [1.82, 2.24) is 9.80 Å². The average molecular weight is 346 g/mol. The lowest BCUT2D eigenvalue weighted by molar-refractivity contribution is -0.141. The number of carbonyl (C=O) groups is 4. The molecule has 0 unspecified atom stereocenters. The Balaban J connectivity index is 1.84. The molecule has 0 bridgehead atoms. The molecule has 7 heteroatoms. The second-order valence-electron chi connectivity index (χ2n) is 5.71. The van der Waals surface area contributed by atoms with Crippen molar-refractivity contribution in [2.24, 2.45) is 0 Å². The molecule has 25 heavy (non-hydrogen) atoms. The molecule has 134 valence electrons. The van der Waals surface area contributed by atoms with Gasteiger partial charge in [-0.2, -0.15) is 0 Å².